The molecule has 1 saturated heterocycles. The minimum atomic E-state index is -0.436. The Kier molecular flexibility index (Phi) is 5.40. The van der Waals surface area contributed by atoms with Crippen LogP contribution in [-0.4, -0.2) is 61.3 Å². The highest BCUT2D eigenvalue weighted by molar-refractivity contribution is 5.30. The quantitative estimate of drug-likeness (QED) is 0.890. The highest BCUT2D eigenvalue weighted by Gasteiger charge is 2.25. The van der Waals surface area contributed by atoms with Gasteiger partial charge in [0.1, 0.15) is 5.75 Å². The molecule has 1 aromatic carbocycles. The molecule has 4 nitrogen and oxygen atoms in total. The van der Waals surface area contributed by atoms with E-state index in [0.29, 0.717) is 12.6 Å². The molecule has 1 heterocycles. The maximum absolute atomic E-state index is 10.5. The van der Waals surface area contributed by atoms with E-state index < -0.39 is 6.10 Å². The van der Waals surface area contributed by atoms with Gasteiger partial charge in [0.2, 0.25) is 0 Å². The molecular formula is C16H26N2O2. The molecule has 1 fully saturated rings. The van der Waals surface area contributed by atoms with Gasteiger partial charge in [0.05, 0.1) is 12.7 Å². The number of hydrogen-bond donors (Lipinski definition) is 1. The van der Waals surface area contributed by atoms with Gasteiger partial charge in [-0.2, -0.15) is 0 Å². The zero-order valence-electron chi connectivity index (χ0n) is 12.7. The number of rotatable bonds is 5. The standard InChI is InChI=1S/C16H26N2O2/c1-4-20-15-7-5-6-13(10-15)16(19)11-14-12-17(2)8-9-18(14)3/h5-7,10,14,16,19H,4,8-9,11-12H2,1-3H3. The summed E-state index contributed by atoms with van der Waals surface area (Å²) in [7, 11) is 4.28. The molecule has 0 aliphatic carbocycles. The predicted octanol–water partition coefficient (Wildman–Crippen LogP) is 1.75. The summed E-state index contributed by atoms with van der Waals surface area (Å²) in [5.74, 6) is 0.832. The van der Waals surface area contributed by atoms with E-state index in [0.717, 1.165) is 37.4 Å². The van der Waals surface area contributed by atoms with E-state index in [2.05, 4.69) is 23.9 Å². The Labute approximate surface area is 122 Å². The Morgan fingerprint density at radius 2 is 2.15 bits per heavy atom. The highest BCUT2D eigenvalue weighted by Crippen LogP contribution is 2.25. The van der Waals surface area contributed by atoms with Crippen LogP contribution in [0.1, 0.15) is 25.0 Å². The van der Waals surface area contributed by atoms with Gasteiger partial charge in [-0.15, -0.1) is 0 Å². The van der Waals surface area contributed by atoms with Crippen molar-refractivity contribution in [3.8, 4) is 5.75 Å². The molecule has 2 atom stereocenters. The second kappa shape index (κ2) is 7.07. The molecule has 1 N–H and O–H groups in total. The third-order valence-corrected chi connectivity index (χ3v) is 4.03. The molecule has 0 saturated carbocycles. The summed E-state index contributed by atoms with van der Waals surface area (Å²) in [6.45, 7) is 5.79. The first-order chi connectivity index (χ1) is 9.60. The number of nitrogens with zero attached hydrogens (tertiary/aromatic N) is 2. The lowest BCUT2D eigenvalue weighted by Crippen LogP contribution is -2.50. The summed E-state index contributed by atoms with van der Waals surface area (Å²) in [6, 6.07) is 8.19. The van der Waals surface area contributed by atoms with Gasteiger partial charge >= 0.3 is 0 Å². The molecule has 2 rings (SSSR count). The van der Waals surface area contributed by atoms with Gasteiger partial charge in [-0.1, -0.05) is 12.1 Å². The van der Waals surface area contributed by atoms with Crippen molar-refractivity contribution >= 4 is 0 Å². The summed E-state index contributed by atoms with van der Waals surface area (Å²) in [5.41, 5.74) is 0.942. The van der Waals surface area contributed by atoms with Crippen LogP contribution in [0.5, 0.6) is 5.75 Å². The van der Waals surface area contributed by atoms with Crippen molar-refractivity contribution in [2.75, 3.05) is 40.3 Å². The molecule has 1 aliphatic heterocycles. The molecule has 1 aromatic rings. The molecule has 4 heteroatoms. The number of aliphatic hydroxyl groups excluding tert-OH is 1. The van der Waals surface area contributed by atoms with Crippen LogP contribution in [0, 0.1) is 0 Å². The van der Waals surface area contributed by atoms with E-state index in [1.54, 1.807) is 0 Å². The molecule has 0 radical (unpaired) electrons. The monoisotopic (exact) mass is 278 g/mol. The van der Waals surface area contributed by atoms with Crippen LogP contribution in [0.25, 0.3) is 0 Å². The van der Waals surface area contributed by atoms with Crippen molar-refractivity contribution in [3.05, 3.63) is 29.8 Å². The van der Waals surface area contributed by atoms with E-state index in [9.17, 15) is 5.11 Å². The Bertz CT molecular complexity index is 425. The van der Waals surface area contributed by atoms with E-state index in [4.69, 9.17) is 4.74 Å². The normalized spacial score (nSPS) is 22.7. The van der Waals surface area contributed by atoms with Crippen molar-refractivity contribution in [2.24, 2.45) is 0 Å². The first-order valence-electron chi connectivity index (χ1n) is 7.39. The lowest BCUT2D eigenvalue weighted by Gasteiger charge is -2.38. The van der Waals surface area contributed by atoms with E-state index in [1.165, 1.54) is 0 Å². The fraction of sp³-hybridized carbons (Fsp3) is 0.625. The summed E-state index contributed by atoms with van der Waals surface area (Å²) in [6.07, 6.45) is 0.325. The molecule has 2 unspecified atom stereocenters. The SMILES string of the molecule is CCOc1cccc(C(O)CC2CN(C)CCN2C)c1. The van der Waals surface area contributed by atoms with Crippen molar-refractivity contribution in [1.82, 2.24) is 9.80 Å². The van der Waals surface area contributed by atoms with Crippen molar-refractivity contribution in [3.63, 3.8) is 0 Å². The van der Waals surface area contributed by atoms with E-state index in [-0.39, 0.29) is 0 Å². The molecular weight excluding hydrogens is 252 g/mol. The van der Waals surface area contributed by atoms with Crippen molar-refractivity contribution < 1.29 is 9.84 Å². The van der Waals surface area contributed by atoms with Crippen molar-refractivity contribution in [1.29, 1.82) is 0 Å². The maximum Gasteiger partial charge on any atom is 0.119 e. The van der Waals surface area contributed by atoms with Gasteiger partial charge in [-0.25, -0.2) is 0 Å². The summed E-state index contributed by atoms with van der Waals surface area (Å²) < 4.78 is 5.50. The lowest BCUT2D eigenvalue weighted by atomic mass is 9.99. The van der Waals surface area contributed by atoms with Gasteiger partial charge in [-0.05, 0) is 45.1 Å². The van der Waals surface area contributed by atoms with Crippen LogP contribution in [-0.2, 0) is 0 Å². The third-order valence-electron chi connectivity index (χ3n) is 4.03. The number of aliphatic hydroxyl groups is 1. The second-order valence-electron chi connectivity index (χ2n) is 5.65. The minimum Gasteiger partial charge on any atom is -0.494 e. The van der Waals surface area contributed by atoms with Gasteiger partial charge in [0.25, 0.3) is 0 Å². The number of ether oxygens (including phenoxy) is 1. The van der Waals surface area contributed by atoms with Gasteiger partial charge in [0, 0.05) is 25.7 Å². The molecule has 0 bridgehead atoms. The molecule has 0 aromatic heterocycles. The van der Waals surface area contributed by atoms with Crippen LogP contribution >= 0.6 is 0 Å². The van der Waals surface area contributed by atoms with Gasteiger partial charge < -0.3 is 19.6 Å². The number of hydrogen-bond acceptors (Lipinski definition) is 4. The number of benzene rings is 1. The van der Waals surface area contributed by atoms with Crippen LogP contribution in [0.2, 0.25) is 0 Å². The number of likely N-dealkylation sites (N-methyl/N-ethyl adjacent to an activating group) is 2. The Hall–Kier alpha value is -1.10. The molecule has 112 valence electrons. The maximum atomic E-state index is 10.5. The average Bonchev–Trinajstić information content (AvgIpc) is 2.43. The number of piperazine rings is 1. The molecule has 1 aliphatic rings. The Balaban J connectivity index is 1.99. The smallest absolute Gasteiger partial charge is 0.119 e. The van der Waals surface area contributed by atoms with Crippen LogP contribution in [0.15, 0.2) is 24.3 Å². The van der Waals surface area contributed by atoms with Crippen molar-refractivity contribution in [2.45, 2.75) is 25.5 Å². The van der Waals surface area contributed by atoms with E-state index in [1.807, 2.05) is 31.2 Å². The van der Waals surface area contributed by atoms with Gasteiger partial charge in [0.15, 0.2) is 0 Å². The minimum absolute atomic E-state index is 0.402. The second-order valence-corrected chi connectivity index (χ2v) is 5.65. The fourth-order valence-electron chi connectivity index (χ4n) is 2.73. The van der Waals surface area contributed by atoms with E-state index >= 15 is 0 Å². The first-order valence-corrected chi connectivity index (χ1v) is 7.39. The lowest BCUT2D eigenvalue weighted by molar-refractivity contribution is 0.0634. The fourth-order valence-corrected chi connectivity index (χ4v) is 2.73. The summed E-state index contributed by atoms with van der Waals surface area (Å²) in [4.78, 5) is 4.67. The van der Waals surface area contributed by atoms with Crippen LogP contribution < -0.4 is 4.74 Å². The Morgan fingerprint density at radius 1 is 1.35 bits per heavy atom. The third kappa shape index (κ3) is 3.95. The largest absolute Gasteiger partial charge is 0.494 e. The zero-order valence-corrected chi connectivity index (χ0v) is 12.7. The highest BCUT2D eigenvalue weighted by atomic mass is 16.5. The van der Waals surface area contributed by atoms with Crippen LogP contribution in [0.4, 0.5) is 0 Å². The van der Waals surface area contributed by atoms with Crippen LogP contribution in [0.3, 0.4) is 0 Å². The summed E-state index contributed by atoms with van der Waals surface area (Å²) >= 11 is 0. The molecule has 20 heavy (non-hydrogen) atoms. The van der Waals surface area contributed by atoms with Gasteiger partial charge in [-0.3, -0.25) is 0 Å². The predicted molar refractivity (Wildman–Crippen MR) is 81.1 cm³/mol. The Morgan fingerprint density at radius 3 is 2.90 bits per heavy atom. The first kappa shape index (κ1) is 15.3. The molecule has 0 spiro atoms. The zero-order chi connectivity index (χ0) is 14.5. The molecule has 0 amide bonds. The topological polar surface area (TPSA) is 35.9 Å². The summed E-state index contributed by atoms with van der Waals surface area (Å²) in [5, 5.41) is 10.5. The average molecular weight is 278 g/mol.